The number of nitrogens with one attached hydrogen (secondary N) is 1. The van der Waals surface area contributed by atoms with E-state index < -0.39 is 12.0 Å². The number of amides is 1. The van der Waals surface area contributed by atoms with Crippen LogP contribution in [0.3, 0.4) is 0 Å². The van der Waals surface area contributed by atoms with Gasteiger partial charge >= 0.3 is 5.97 Å². The number of hydrogen-bond acceptors (Lipinski definition) is 4. The largest absolute Gasteiger partial charge is 0.468 e. The van der Waals surface area contributed by atoms with Gasteiger partial charge in [-0.25, -0.2) is 0 Å². The summed E-state index contributed by atoms with van der Waals surface area (Å²) in [4.78, 5) is 21.8. The minimum Gasteiger partial charge on any atom is -0.468 e. The molecule has 0 aromatic carbocycles. The fraction of sp³-hybridized carbons (Fsp3) is 0.750. The summed E-state index contributed by atoms with van der Waals surface area (Å²) in [5.41, 5.74) is 5.52. The van der Waals surface area contributed by atoms with Crippen LogP contribution in [0.5, 0.6) is 0 Å². The molecule has 1 atom stereocenters. The van der Waals surface area contributed by atoms with Gasteiger partial charge in [0.2, 0.25) is 5.91 Å². The lowest BCUT2D eigenvalue weighted by Gasteiger charge is -2.14. The first kappa shape index (κ1) is 11.9. The van der Waals surface area contributed by atoms with Gasteiger partial charge in [0.25, 0.3) is 0 Å². The predicted octanol–water partition coefficient (Wildman–Crippen LogP) is -0.741. The number of nitrogens with two attached hydrogens (primary N) is 1. The van der Waals surface area contributed by atoms with E-state index >= 15 is 0 Å². The molecule has 0 aliphatic rings. The van der Waals surface area contributed by atoms with Crippen molar-refractivity contribution in [3.8, 4) is 0 Å². The van der Waals surface area contributed by atoms with Crippen molar-refractivity contribution in [2.45, 2.75) is 19.9 Å². The van der Waals surface area contributed by atoms with Crippen molar-refractivity contribution in [2.24, 2.45) is 11.7 Å². The number of rotatable bonds is 4. The summed E-state index contributed by atoms with van der Waals surface area (Å²) in [5, 5.41) is 2.38. The molecule has 76 valence electrons. The number of esters is 1. The first-order valence-corrected chi connectivity index (χ1v) is 4.09. The fourth-order valence-corrected chi connectivity index (χ4v) is 0.652. The molecule has 0 fully saturated rings. The van der Waals surface area contributed by atoms with Crippen LogP contribution in [0.1, 0.15) is 13.8 Å². The van der Waals surface area contributed by atoms with Crippen LogP contribution in [-0.4, -0.2) is 31.6 Å². The average Bonchev–Trinajstić information content (AvgIpc) is 2.11. The second kappa shape index (κ2) is 5.53. The van der Waals surface area contributed by atoms with E-state index in [0.29, 0.717) is 0 Å². The Kier molecular flexibility index (Phi) is 5.06. The second-order valence-corrected chi connectivity index (χ2v) is 3.06. The number of methoxy groups -OCH3 is 1. The monoisotopic (exact) mass is 188 g/mol. The van der Waals surface area contributed by atoms with E-state index in [9.17, 15) is 9.59 Å². The SMILES string of the molecule is COC(=O)CNC(=O)C(N)C(C)C. The minimum atomic E-state index is -0.579. The zero-order chi connectivity index (χ0) is 10.4. The second-order valence-electron chi connectivity index (χ2n) is 3.06. The van der Waals surface area contributed by atoms with Gasteiger partial charge in [0.15, 0.2) is 0 Å². The highest BCUT2D eigenvalue weighted by atomic mass is 16.5. The summed E-state index contributed by atoms with van der Waals surface area (Å²) < 4.78 is 4.35. The normalized spacial score (nSPS) is 12.4. The molecule has 13 heavy (non-hydrogen) atoms. The van der Waals surface area contributed by atoms with Crippen molar-refractivity contribution in [1.82, 2.24) is 5.32 Å². The van der Waals surface area contributed by atoms with Crippen molar-refractivity contribution < 1.29 is 14.3 Å². The molecule has 0 spiro atoms. The summed E-state index contributed by atoms with van der Waals surface area (Å²) in [6.07, 6.45) is 0. The Morgan fingerprint density at radius 3 is 2.38 bits per heavy atom. The molecule has 0 saturated heterocycles. The first-order chi connectivity index (χ1) is 5.99. The fourth-order valence-electron chi connectivity index (χ4n) is 0.652. The molecule has 0 saturated carbocycles. The van der Waals surface area contributed by atoms with Crippen LogP contribution in [0.4, 0.5) is 0 Å². The average molecular weight is 188 g/mol. The molecular weight excluding hydrogens is 172 g/mol. The van der Waals surface area contributed by atoms with Gasteiger partial charge in [0, 0.05) is 0 Å². The van der Waals surface area contributed by atoms with Crippen LogP contribution in [0.25, 0.3) is 0 Å². The van der Waals surface area contributed by atoms with Gasteiger partial charge < -0.3 is 15.8 Å². The summed E-state index contributed by atoms with van der Waals surface area (Å²) in [6, 6.07) is -0.579. The van der Waals surface area contributed by atoms with Gasteiger partial charge in [0.05, 0.1) is 13.2 Å². The van der Waals surface area contributed by atoms with E-state index in [1.807, 2.05) is 13.8 Å². The van der Waals surface area contributed by atoms with Crippen molar-refractivity contribution in [1.29, 1.82) is 0 Å². The van der Waals surface area contributed by atoms with Gasteiger partial charge in [0.1, 0.15) is 6.54 Å². The van der Waals surface area contributed by atoms with Crippen LogP contribution < -0.4 is 11.1 Å². The lowest BCUT2D eigenvalue weighted by Crippen LogP contribution is -2.45. The van der Waals surface area contributed by atoms with Crippen LogP contribution in [0.2, 0.25) is 0 Å². The number of carbonyl (C=O) groups excluding carboxylic acids is 2. The molecule has 0 rings (SSSR count). The summed E-state index contributed by atoms with van der Waals surface area (Å²) in [6.45, 7) is 3.54. The first-order valence-electron chi connectivity index (χ1n) is 4.09. The van der Waals surface area contributed by atoms with Gasteiger partial charge in [-0.1, -0.05) is 13.8 Å². The summed E-state index contributed by atoms with van der Waals surface area (Å²) >= 11 is 0. The Bertz CT molecular complexity index is 192. The highest BCUT2D eigenvalue weighted by molar-refractivity contribution is 5.85. The Morgan fingerprint density at radius 2 is 2.00 bits per heavy atom. The molecule has 0 aliphatic carbocycles. The molecular formula is C8H16N2O3. The molecule has 0 radical (unpaired) electrons. The Morgan fingerprint density at radius 1 is 1.46 bits per heavy atom. The van der Waals surface area contributed by atoms with Crippen molar-refractivity contribution in [2.75, 3.05) is 13.7 Å². The Balaban J connectivity index is 3.81. The third-order valence-electron chi connectivity index (χ3n) is 1.66. The molecule has 0 bridgehead atoms. The molecule has 1 amide bonds. The molecule has 0 heterocycles. The Hall–Kier alpha value is -1.10. The minimum absolute atomic E-state index is 0.0534. The standard InChI is InChI=1S/C8H16N2O3/c1-5(2)7(9)8(12)10-4-6(11)13-3/h5,7H,4,9H2,1-3H3,(H,10,12). The molecule has 0 aromatic rings. The number of hydrogen-bond donors (Lipinski definition) is 2. The topological polar surface area (TPSA) is 81.4 Å². The van der Waals surface area contributed by atoms with E-state index in [1.54, 1.807) is 0 Å². The zero-order valence-corrected chi connectivity index (χ0v) is 8.16. The van der Waals surface area contributed by atoms with Crippen molar-refractivity contribution in [3.05, 3.63) is 0 Å². The number of carbonyl (C=O) groups is 2. The Labute approximate surface area is 77.6 Å². The molecule has 0 aromatic heterocycles. The van der Waals surface area contributed by atoms with E-state index in [2.05, 4.69) is 10.1 Å². The molecule has 3 N–H and O–H groups in total. The lowest BCUT2D eigenvalue weighted by molar-refractivity contribution is -0.141. The molecule has 5 heteroatoms. The van der Waals surface area contributed by atoms with Gasteiger partial charge in [-0.05, 0) is 5.92 Å². The number of ether oxygens (including phenoxy) is 1. The van der Waals surface area contributed by atoms with Crippen molar-refractivity contribution in [3.63, 3.8) is 0 Å². The van der Waals surface area contributed by atoms with E-state index in [4.69, 9.17) is 5.73 Å². The van der Waals surface area contributed by atoms with Gasteiger partial charge in [-0.2, -0.15) is 0 Å². The quantitative estimate of drug-likeness (QED) is 0.569. The van der Waals surface area contributed by atoms with Crippen LogP contribution in [0, 0.1) is 5.92 Å². The van der Waals surface area contributed by atoms with Gasteiger partial charge in [-0.15, -0.1) is 0 Å². The summed E-state index contributed by atoms with van der Waals surface area (Å²) in [7, 11) is 1.26. The predicted molar refractivity (Wildman–Crippen MR) is 47.8 cm³/mol. The zero-order valence-electron chi connectivity index (χ0n) is 8.16. The van der Waals surface area contributed by atoms with E-state index in [-0.39, 0.29) is 18.4 Å². The maximum atomic E-state index is 11.2. The summed E-state index contributed by atoms with van der Waals surface area (Å²) in [5.74, 6) is -0.762. The third-order valence-corrected chi connectivity index (χ3v) is 1.66. The van der Waals surface area contributed by atoms with Gasteiger partial charge in [-0.3, -0.25) is 9.59 Å². The van der Waals surface area contributed by atoms with Crippen molar-refractivity contribution >= 4 is 11.9 Å². The van der Waals surface area contributed by atoms with Crippen LogP contribution >= 0.6 is 0 Å². The van der Waals surface area contributed by atoms with Crippen LogP contribution in [0.15, 0.2) is 0 Å². The maximum Gasteiger partial charge on any atom is 0.325 e. The van der Waals surface area contributed by atoms with Crippen LogP contribution in [-0.2, 0) is 14.3 Å². The van der Waals surface area contributed by atoms with E-state index in [0.717, 1.165) is 0 Å². The molecule has 1 unspecified atom stereocenters. The highest BCUT2D eigenvalue weighted by Crippen LogP contribution is 1.97. The molecule has 5 nitrogen and oxygen atoms in total. The maximum absolute atomic E-state index is 11.2. The lowest BCUT2D eigenvalue weighted by atomic mass is 10.1. The van der Waals surface area contributed by atoms with E-state index in [1.165, 1.54) is 7.11 Å². The molecule has 0 aliphatic heterocycles. The smallest absolute Gasteiger partial charge is 0.325 e. The third kappa shape index (κ3) is 4.47. The highest BCUT2D eigenvalue weighted by Gasteiger charge is 2.17.